The molecule has 1 saturated carbocycles. The summed E-state index contributed by atoms with van der Waals surface area (Å²) in [6.45, 7) is 0.519. The van der Waals surface area contributed by atoms with Gasteiger partial charge in [0, 0.05) is 13.2 Å². The van der Waals surface area contributed by atoms with Crippen molar-refractivity contribution in [3.05, 3.63) is 38.9 Å². The monoisotopic (exact) mass is 312 g/mol. The molecular formula is C14H17ClN2O4. The fourth-order valence-electron chi connectivity index (χ4n) is 2.83. The first-order chi connectivity index (χ1) is 10.0. The lowest BCUT2D eigenvalue weighted by molar-refractivity contribution is -0.385. The topological polar surface area (TPSA) is 92.5 Å². The minimum Gasteiger partial charge on any atom is -0.396 e. The van der Waals surface area contributed by atoms with Crippen LogP contribution in [0, 0.1) is 22.0 Å². The van der Waals surface area contributed by atoms with Crippen LogP contribution in [0.3, 0.4) is 0 Å². The van der Waals surface area contributed by atoms with E-state index >= 15 is 0 Å². The summed E-state index contributed by atoms with van der Waals surface area (Å²) in [5.74, 6) is -0.0929. The maximum absolute atomic E-state index is 12.1. The van der Waals surface area contributed by atoms with Gasteiger partial charge in [0.2, 0.25) is 0 Å². The van der Waals surface area contributed by atoms with Crippen molar-refractivity contribution in [1.29, 1.82) is 0 Å². The van der Waals surface area contributed by atoms with Crippen LogP contribution in [0.25, 0.3) is 0 Å². The number of aliphatic hydroxyl groups excluding tert-OH is 1. The Morgan fingerprint density at radius 1 is 1.43 bits per heavy atom. The molecule has 114 valence electrons. The van der Waals surface area contributed by atoms with Gasteiger partial charge in [-0.25, -0.2) is 0 Å². The van der Waals surface area contributed by atoms with E-state index in [-0.39, 0.29) is 34.7 Å². The fraction of sp³-hybridized carbons (Fsp3) is 0.500. The molecule has 1 aliphatic rings. The zero-order valence-corrected chi connectivity index (χ0v) is 12.2. The molecule has 0 bridgehead atoms. The van der Waals surface area contributed by atoms with Crippen LogP contribution >= 0.6 is 11.6 Å². The highest BCUT2D eigenvalue weighted by molar-refractivity contribution is 6.33. The quantitative estimate of drug-likeness (QED) is 0.645. The molecular weight excluding hydrogens is 296 g/mol. The minimum absolute atomic E-state index is 0.0361. The number of nitrogens with one attached hydrogen (secondary N) is 1. The number of para-hydroxylation sites is 1. The summed E-state index contributed by atoms with van der Waals surface area (Å²) >= 11 is 5.79. The molecule has 21 heavy (non-hydrogen) atoms. The molecule has 1 aromatic carbocycles. The largest absolute Gasteiger partial charge is 0.396 e. The third-order valence-corrected chi connectivity index (χ3v) is 4.29. The molecule has 2 unspecified atom stereocenters. The molecule has 0 aliphatic heterocycles. The van der Waals surface area contributed by atoms with Gasteiger partial charge in [-0.2, -0.15) is 0 Å². The van der Waals surface area contributed by atoms with E-state index in [4.69, 9.17) is 11.6 Å². The molecule has 1 aromatic rings. The third kappa shape index (κ3) is 3.51. The highest BCUT2D eigenvalue weighted by Gasteiger charge is 2.28. The molecule has 0 saturated heterocycles. The minimum atomic E-state index is -0.649. The molecule has 0 radical (unpaired) electrons. The average Bonchev–Trinajstić information content (AvgIpc) is 2.91. The van der Waals surface area contributed by atoms with Gasteiger partial charge in [0.25, 0.3) is 5.91 Å². The van der Waals surface area contributed by atoms with Gasteiger partial charge in [-0.3, -0.25) is 14.9 Å². The van der Waals surface area contributed by atoms with Gasteiger partial charge < -0.3 is 10.4 Å². The van der Waals surface area contributed by atoms with Crippen molar-refractivity contribution in [3.63, 3.8) is 0 Å². The Kier molecular flexibility index (Phi) is 5.14. The molecule has 2 N–H and O–H groups in total. The standard InChI is InChI=1S/C14H17ClN2O4/c15-12-6-2-5-11(13(12)17(20)21)14(19)16-7-9-3-1-4-10(9)8-18/h2,5-6,9-10,18H,1,3-4,7-8H2,(H,16,19). The second-order valence-electron chi connectivity index (χ2n) is 5.24. The van der Waals surface area contributed by atoms with Gasteiger partial charge in [0.15, 0.2) is 0 Å². The van der Waals surface area contributed by atoms with Crippen LogP contribution in [-0.4, -0.2) is 29.1 Å². The van der Waals surface area contributed by atoms with E-state index in [2.05, 4.69) is 5.32 Å². The van der Waals surface area contributed by atoms with E-state index in [1.165, 1.54) is 18.2 Å². The Morgan fingerprint density at radius 3 is 2.81 bits per heavy atom. The van der Waals surface area contributed by atoms with Crippen molar-refractivity contribution in [2.24, 2.45) is 11.8 Å². The number of aliphatic hydroxyl groups is 1. The van der Waals surface area contributed by atoms with Crippen molar-refractivity contribution >= 4 is 23.2 Å². The summed E-state index contributed by atoms with van der Waals surface area (Å²) in [6, 6.07) is 4.28. The summed E-state index contributed by atoms with van der Waals surface area (Å²) in [5.41, 5.74) is -0.409. The number of halogens is 1. The number of nitro groups is 1. The molecule has 6 nitrogen and oxygen atoms in total. The van der Waals surface area contributed by atoms with E-state index < -0.39 is 10.8 Å². The van der Waals surface area contributed by atoms with Crippen LogP contribution in [0.5, 0.6) is 0 Å². The second kappa shape index (κ2) is 6.87. The zero-order valence-electron chi connectivity index (χ0n) is 11.4. The Hall–Kier alpha value is -1.66. The third-order valence-electron chi connectivity index (χ3n) is 3.99. The van der Waals surface area contributed by atoms with Crippen LogP contribution in [0.2, 0.25) is 5.02 Å². The normalized spacial score (nSPS) is 21.2. The first-order valence-corrected chi connectivity index (χ1v) is 7.24. The fourth-order valence-corrected chi connectivity index (χ4v) is 3.07. The molecule has 0 heterocycles. The van der Waals surface area contributed by atoms with Crippen molar-refractivity contribution in [3.8, 4) is 0 Å². The van der Waals surface area contributed by atoms with Crippen LogP contribution in [0.4, 0.5) is 5.69 Å². The number of nitrogens with zero attached hydrogens (tertiary/aromatic N) is 1. The highest BCUT2D eigenvalue weighted by Crippen LogP contribution is 2.31. The Morgan fingerprint density at radius 2 is 2.14 bits per heavy atom. The Bertz CT molecular complexity index is 550. The number of amides is 1. The first-order valence-electron chi connectivity index (χ1n) is 6.86. The Labute approximate surface area is 127 Å². The molecule has 7 heteroatoms. The summed E-state index contributed by atoms with van der Waals surface area (Å²) in [6.07, 6.45) is 2.93. The average molecular weight is 313 g/mol. The van der Waals surface area contributed by atoms with Crippen molar-refractivity contribution < 1.29 is 14.8 Å². The highest BCUT2D eigenvalue weighted by atomic mass is 35.5. The summed E-state index contributed by atoms with van der Waals surface area (Å²) < 4.78 is 0. The number of nitro benzene ring substituents is 1. The van der Waals surface area contributed by atoms with Gasteiger partial charge in [0.05, 0.1) is 4.92 Å². The first kappa shape index (κ1) is 15.7. The molecule has 0 spiro atoms. The van der Waals surface area contributed by atoms with Gasteiger partial charge >= 0.3 is 5.69 Å². The van der Waals surface area contributed by atoms with Crippen LogP contribution in [-0.2, 0) is 0 Å². The van der Waals surface area contributed by atoms with Gasteiger partial charge in [-0.15, -0.1) is 0 Å². The molecule has 2 atom stereocenters. The van der Waals surface area contributed by atoms with Gasteiger partial charge in [0.1, 0.15) is 10.6 Å². The summed E-state index contributed by atoms with van der Waals surface area (Å²) in [5, 5.41) is 22.9. The van der Waals surface area contributed by atoms with Crippen molar-refractivity contribution in [2.75, 3.05) is 13.2 Å². The van der Waals surface area contributed by atoms with E-state index in [1.54, 1.807) is 0 Å². The van der Waals surface area contributed by atoms with Crippen LogP contribution in [0.15, 0.2) is 18.2 Å². The number of hydrogen-bond acceptors (Lipinski definition) is 4. The van der Waals surface area contributed by atoms with Gasteiger partial charge in [-0.1, -0.05) is 24.1 Å². The predicted molar refractivity (Wildman–Crippen MR) is 78.4 cm³/mol. The smallest absolute Gasteiger partial charge is 0.300 e. The van der Waals surface area contributed by atoms with E-state index in [9.17, 15) is 20.0 Å². The number of rotatable bonds is 5. The lowest BCUT2D eigenvalue weighted by atomic mass is 9.97. The van der Waals surface area contributed by atoms with Crippen molar-refractivity contribution in [2.45, 2.75) is 19.3 Å². The molecule has 0 aromatic heterocycles. The number of benzene rings is 1. The number of hydrogen-bond donors (Lipinski definition) is 2. The van der Waals surface area contributed by atoms with Crippen LogP contribution in [0.1, 0.15) is 29.6 Å². The van der Waals surface area contributed by atoms with Gasteiger partial charge in [-0.05, 0) is 36.8 Å². The van der Waals surface area contributed by atoms with Crippen molar-refractivity contribution in [1.82, 2.24) is 5.32 Å². The maximum atomic E-state index is 12.1. The zero-order chi connectivity index (χ0) is 15.4. The van der Waals surface area contributed by atoms with E-state index in [0.717, 1.165) is 19.3 Å². The maximum Gasteiger partial charge on any atom is 0.300 e. The SMILES string of the molecule is O=C(NCC1CCCC1CO)c1cccc(Cl)c1[N+](=O)[O-]. The second-order valence-corrected chi connectivity index (χ2v) is 5.64. The lowest BCUT2D eigenvalue weighted by Crippen LogP contribution is -2.32. The molecule has 1 fully saturated rings. The van der Waals surface area contributed by atoms with E-state index in [0.29, 0.717) is 6.54 Å². The Balaban J connectivity index is 2.07. The summed E-state index contributed by atoms with van der Waals surface area (Å²) in [7, 11) is 0. The lowest BCUT2D eigenvalue weighted by Gasteiger charge is -2.17. The van der Waals surface area contributed by atoms with Crippen LogP contribution < -0.4 is 5.32 Å². The number of carbonyl (C=O) groups is 1. The summed E-state index contributed by atoms with van der Waals surface area (Å²) in [4.78, 5) is 22.5. The molecule has 1 aliphatic carbocycles. The molecule has 1 amide bonds. The number of carbonyl (C=O) groups excluding carboxylic acids is 1. The predicted octanol–water partition coefficient (Wildman–Crippen LogP) is 2.39. The molecule has 2 rings (SSSR count). The van der Waals surface area contributed by atoms with E-state index in [1.807, 2.05) is 0 Å².